The molecule has 0 heterocycles. The van der Waals surface area contributed by atoms with E-state index in [2.05, 4.69) is 0 Å². The van der Waals surface area contributed by atoms with Gasteiger partial charge >= 0.3 is 0 Å². The zero-order valence-electron chi connectivity index (χ0n) is 8.78. The molecule has 1 rings (SSSR count). The Morgan fingerprint density at radius 1 is 1.25 bits per heavy atom. The quantitative estimate of drug-likeness (QED) is 0.873. The summed E-state index contributed by atoms with van der Waals surface area (Å²) in [5, 5.41) is -0.723. The molecule has 0 bridgehead atoms. The molecule has 90 valence electrons. The van der Waals surface area contributed by atoms with E-state index < -0.39 is 32.5 Å². The number of halogens is 2. The van der Waals surface area contributed by atoms with Gasteiger partial charge in [0, 0.05) is 12.6 Å². The number of benzene rings is 1. The molecule has 0 aliphatic heterocycles. The first-order chi connectivity index (χ1) is 7.35. The largest absolute Gasteiger partial charge is 0.329 e. The average Bonchev–Trinajstić information content (AvgIpc) is 2.13. The fraction of sp³-hybridized carbons (Fsp3) is 0.400. The summed E-state index contributed by atoms with van der Waals surface area (Å²) in [6.45, 7) is 1.45. The van der Waals surface area contributed by atoms with Gasteiger partial charge in [-0.1, -0.05) is 0 Å². The highest BCUT2D eigenvalue weighted by atomic mass is 32.2. The van der Waals surface area contributed by atoms with Crippen LogP contribution in [0.3, 0.4) is 0 Å². The van der Waals surface area contributed by atoms with Gasteiger partial charge in [0.1, 0.15) is 11.6 Å². The van der Waals surface area contributed by atoms with Gasteiger partial charge in [-0.25, -0.2) is 17.2 Å². The minimum atomic E-state index is -3.46. The molecule has 1 aromatic rings. The van der Waals surface area contributed by atoms with E-state index in [0.717, 1.165) is 12.1 Å². The molecular formula is C10H13F2NO2S. The lowest BCUT2D eigenvalue weighted by Gasteiger charge is -2.10. The smallest absolute Gasteiger partial charge is 0.158 e. The first kappa shape index (κ1) is 13.1. The van der Waals surface area contributed by atoms with Crippen LogP contribution in [-0.2, 0) is 15.6 Å². The van der Waals surface area contributed by atoms with Crippen LogP contribution in [-0.4, -0.2) is 20.2 Å². The molecule has 0 amide bonds. The second-order valence-electron chi connectivity index (χ2n) is 3.63. The van der Waals surface area contributed by atoms with E-state index in [-0.39, 0.29) is 12.1 Å². The molecule has 1 atom stereocenters. The van der Waals surface area contributed by atoms with Crippen LogP contribution in [0.2, 0.25) is 0 Å². The Morgan fingerprint density at radius 2 is 1.75 bits per heavy atom. The Kier molecular flexibility index (Phi) is 3.98. The Bertz CT molecular complexity index is 453. The zero-order chi connectivity index (χ0) is 12.3. The van der Waals surface area contributed by atoms with Crippen molar-refractivity contribution in [2.75, 3.05) is 6.54 Å². The molecule has 1 unspecified atom stereocenters. The summed E-state index contributed by atoms with van der Waals surface area (Å²) in [4.78, 5) is 0. The lowest BCUT2D eigenvalue weighted by molar-refractivity contribution is 0.576. The topological polar surface area (TPSA) is 60.2 Å². The van der Waals surface area contributed by atoms with E-state index in [1.165, 1.54) is 6.92 Å². The van der Waals surface area contributed by atoms with Crippen LogP contribution in [0.15, 0.2) is 18.2 Å². The van der Waals surface area contributed by atoms with Gasteiger partial charge in [-0.15, -0.1) is 0 Å². The van der Waals surface area contributed by atoms with Gasteiger partial charge in [0.05, 0.1) is 11.0 Å². The highest BCUT2D eigenvalue weighted by Gasteiger charge is 2.20. The van der Waals surface area contributed by atoms with Crippen molar-refractivity contribution in [3.63, 3.8) is 0 Å². The maximum atomic E-state index is 12.8. The van der Waals surface area contributed by atoms with Crippen LogP contribution >= 0.6 is 0 Å². The number of hydrogen-bond acceptors (Lipinski definition) is 3. The van der Waals surface area contributed by atoms with Gasteiger partial charge in [-0.2, -0.15) is 0 Å². The molecule has 0 saturated carbocycles. The molecule has 0 saturated heterocycles. The summed E-state index contributed by atoms with van der Waals surface area (Å²) in [6.07, 6.45) is 0. The third-order valence-corrected chi connectivity index (χ3v) is 4.39. The molecule has 0 fully saturated rings. The summed E-state index contributed by atoms with van der Waals surface area (Å²) in [5.74, 6) is -1.98. The van der Waals surface area contributed by atoms with Gasteiger partial charge in [-0.3, -0.25) is 0 Å². The van der Waals surface area contributed by atoms with E-state index >= 15 is 0 Å². The Morgan fingerprint density at radius 3 is 2.19 bits per heavy atom. The molecule has 16 heavy (non-hydrogen) atoms. The van der Waals surface area contributed by atoms with Crippen molar-refractivity contribution in [3.05, 3.63) is 35.4 Å². The minimum Gasteiger partial charge on any atom is -0.329 e. The van der Waals surface area contributed by atoms with Crippen molar-refractivity contribution >= 4 is 9.84 Å². The maximum Gasteiger partial charge on any atom is 0.158 e. The third-order valence-electron chi connectivity index (χ3n) is 2.24. The molecule has 6 heteroatoms. The van der Waals surface area contributed by atoms with E-state index in [1.54, 1.807) is 0 Å². The van der Waals surface area contributed by atoms with Gasteiger partial charge < -0.3 is 5.73 Å². The van der Waals surface area contributed by atoms with Gasteiger partial charge in [0.25, 0.3) is 0 Å². The van der Waals surface area contributed by atoms with Crippen molar-refractivity contribution in [2.24, 2.45) is 5.73 Å². The van der Waals surface area contributed by atoms with Crippen molar-refractivity contribution in [3.8, 4) is 0 Å². The average molecular weight is 249 g/mol. The highest BCUT2D eigenvalue weighted by Crippen LogP contribution is 2.14. The lowest BCUT2D eigenvalue weighted by atomic mass is 10.2. The molecule has 3 nitrogen and oxygen atoms in total. The molecule has 0 aliphatic carbocycles. The SMILES string of the molecule is CC(CN)S(=O)(=O)Cc1cc(F)cc(F)c1. The first-order valence-corrected chi connectivity index (χ1v) is 6.43. The Hall–Kier alpha value is -1.01. The second-order valence-corrected chi connectivity index (χ2v) is 6.05. The number of rotatable bonds is 4. The Balaban J connectivity index is 2.97. The summed E-state index contributed by atoms with van der Waals surface area (Å²) < 4.78 is 48.9. The maximum absolute atomic E-state index is 12.8. The van der Waals surface area contributed by atoms with E-state index in [9.17, 15) is 17.2 Å². The van der Waals surface area contributed by atoms with Crippen molar-refractivity contribution in [2.45, 2.75) is 17.9 Å². The summed E-state index contributed by atoms with van der Waals surface area (Å²) >= 11 is 0. The fourth-order valence-electron chi connectivity index (χ4n) is 1.22. The molecule has 0 radical (unpaired) electrons. The van der Waals surface area contributed by atoms with Crippen LogP contribution in [0.4, 0.5) is 8.78 Å². The van der Waals surface area contributed by atoms with E-state index in [4.69, 9.17) is 5.73 Å². The van der Waals surface area contributed by atoms with Crippen LogP contribution in [0.5, 0.6) is 0 Å². The summed E-state index contributed by atoms with van der Waals surface area (Å²) in [7, 11) is -3.46. The monoisotopic (exact) mass is 249 g/mol. The standard InChI is InChI=1S/C10H13F2NO2S/c1-7(5-13)16(14,15)6-8-2-9(11)4-10(12)3-8/h2-4,7H,5-6,13H2,1H3. The van der Waals surface area contributed by atoms with Crippen molar-refractivity contribution in [1.82, 2.24) is 0 Å². The first-order valence-electron chi connectivity index (χ1n) is 4.72. The molecule has 0 spiro atoms. The summed E-state index contributed by atoms with van der Waals surface area (Å²) in [5.41, 5.74) is 5.34. The van der Waals surface area contributed by atoms with Gasteiger partial charge in [0.15, 0.2) is 9.84 Å². The minimum absolute atomic E-state index is 0.0138. The Labute approximate surface area is 93.2 Å². The van der Waals surface area contributed by atoms with E-state index in [1.807, 2.05) is 0 Å². The van der Waals surface area contributed by atoms with Gasteiger partial charge in [0.2, 0.25) is 0 Å². The fourth-order valence-corrected chi connectivity index (χ4v) is 2.42. The van der Waals surface area contributed by atoms with Crippen LogP contribution in [0.1, 0.15) is 12.5 Å². The van der Waals surface area contributed by atoms with Crippen molar-refractivity contribution in [1.29, 1.82) is 0 Å². The molecule has 1 aromatic carbocycles. The second kappa shape index (κ2) is 4.88. The predicted molar refractivity (Wildman–Crippen MR) is 57.5 cm³/mol. The van der Waals surface area contributed by atoms with Gasteiger partial charge in [-0.05, 0) is 24.6 Å². The third kappa shape index (κ3) is 3.24. The molecule has 0 aliphatic rings. The zero-order valence-corrected chi connectivity index (χ0v) is 9.60. The van der Waals surface area contributed by atoms with Crippen LogP contribution in [0.25, 0.3) is 0 Å². The molecular weight excluding hydrogens is 236 g/mol. The predicted octanol–water partition coefficient (Wildman–Crippen LogP) is 1.23. The van der Waals surface area contributed by atoms with Crippen LogP contribution in [0, 0.1) is 11.6 Å². The molecule has 2 N–H and O–H groups in total. The lowest BCUT2D eigenvalue weighted by Crippen LogP contribution is -2.27. The van der Waals surface area contributed by atoms with Crippen LogP contribution < -0.4 is 5.73 Å². The normalized spacial score (nSPS) is 13.8. The number of nitrogens with two attached hydrogens (primary N) is 1. The number of sulfone groups is 1. The van der Waals surface area contributed by atoms with E-state index in [0.29, 0.717) is 6.07 Å². The summed E-state index contributed by atoms with van der Waals surface area (Å²) in [6, 6.07) is 2.70. The van der Waals surface area contributed by atoms with Crippen molar-refractivity contribution < 1.29 is 17.2 Å². The highest BCUT2D eigenvalue weighted by molar-refractivity contribution is 7.91. The molecule has 0 aromatic heterocycles. The number of hydrogen-bond donors (Lipinski definition) is 1.